The number of halogens is 1. The first kappa shape index (κ1) is 30.1. The van der Waals surface area contributed by atoms with Crippen LogP contribution in [0.2, 0.25) is 0 Å². The van der Waals surface area contributed by atoms with E-state index in [4.69, 9.17) is 0 Å². The van der Waals surface area contributed by atoms with Gasteiger partial charge in [0.1, 0.15) is 0 Å². The summed E-state index contributed by atoms with van der Waals surface area (Å²) >= 11 is 0. The average molecular weight is 653 g/mol. The third-order valence-electron chi connectivity index (χ3n) is 9.15. The summed E-state index contributed by atoms with van der Waals surface area (Å²) in [6.07, 6.45) is 0. The van der Waals surface area contributed by atoms with Crippen LogP contribution in [0.25, 0.3) is 22.3 Å². The molecule has 4 nitrogen and oxygen atoms in total. The Hall–Kier alpha value is -6.23. The Morgan fingerprint density at radius 3 is 0.673 bits per heavy atom. The molecule has 0 saturated heterocycles. The van der Waals surface area contributed by atoms with E-state index in [0.717, 1.165) is 88.7 Å². The molecule has 5 heterocycles. The number of benzene rings is 4. The van der Waals surface area contributed by atoms with Gasteiger partial charge in [-0.05, 0) is 70.8 Å². The minimum atomic E-state index is 0. The van der Waals surface area contributed by atoms with Gasteiger partial charge in [-0.2, -0.15) is 0 Å². The molecule has 4 N–H and O–H groups in total. The van der Waals surface area contributed by atoms with E-state index in [1.807, 2.05) is 0 Å². The molecule has 0 unspecified atom stereocenters. The van der Waals surface area contributed by atoms with Crippen molar-refractivity contribution in [2.75, 3.05) is 0 Å². The summed E-state index contributed by atoms with van der Waals surface area (Å²) in [6, 6.07) is 60.0. The van der Waals surface area contributed by atoms with E-state index in [2.05, 4.69) is 190 Å². The molecule has 0 atom stereocenters. The zero-order chi connectivity index (χ0) is 31.9. The monoisotopic (exact) mass is 652 g/mol. The van der Waals surface area contributed by atoms with Gasteiger partial charge in [0.2, 0.25) is 0 Å². The topological polar surface area (TPSA) is 63.2 Å². The van der Waals surface area contributed by atoms with E-state index in [1.54, 1.807) is 0 Å². The Bertz CT molecular complexity index is 2280. The predicted molar refractivity (Wildman–Crippen MR) is 201 cm³/mol. The molecule has 0 amide bonds. The van der Waals surface area contributed by atoms with Crippen LogP contribution in [0.5, 0.6) is 0 Å². The summed E-state index contributed by atoms with van der Waals surface area (Å²) < 4.78 is 0. The van der Waals surface area contributed by atoms with Crippen molar-refractivity contribution in [3.8, 4) is 0 Å². The van der Waals surface area contributed by atoms with Crippen LogP contribution in [-0.4, -0.2) is 19.9 Å². The highest BCUT2D eigenvalue weighted by Crippen LogP contribution is 2.27. The average Bonchev–Trinajstić information content (AvgIpc) is 3.98. The van der Waals surface area contributed by atoms with Crippen LogP contribution in [0.3, 0.4) is 0 Å². The molecule has 5 heteroatoms. The van der Waals surface area contributed by atoms with Crippen molar-refractivity contribution in [1.29, 1.82) is 0 Å². The molecule has 8 aromatic rings. The van der Waals surface area contributed by atoms with Gasteiger partial charge in [0, 0.05) is 66.5 Å². The van der Waals surface area contributed by atoms with Crippen molar-refractivity contribution in [3.63, 3.8) is 0 Å². The lowest BCUT2D eigenvalue weighted by atomic mass is 10.0. The fourth-order valence-electron chi connectivity index (χ4n) is 6.99. The molecule has 4 aromatic carbocycles. The number of H-pyrrole nitrogens is 4. The standard InChI is InChI=1S/C44H32N4.ClH/c1-5-13-29(14-6-1)41-33-21-23-35(45-33)42(30-15-7-2-8-16-30)37-25-27-39(47-37)44(32-19-11-4-12-20-32)40-28-26-38(48-40)43(31-17-9-3-10-18-31)36-24-22-34(41)46-36;/h1-28,45-48H;1H. The van der Waals surface area contributed by atoms with Gasteiger partial charge in [0.15, 0.2) is 0 Å². The summed E-state index contributed by atoms with van der Waals surface area (Å²) in [4.78, 5) is 15.4. The summed E-state index contributed by atoms with van der Waals surface area (Å²) in [5, 5.41) is 4.16. The van der Waals surface area contributed by atoms with Gasteiger partial charge in [-0.25, -0.2) is 0 Å². The summed E-state index contributed by atoms with van der Waals surface area (Å²) in [5.74, 6) is 0. The van der Waals surface area contributed by atoms with Crippen LogP contribution in [-0.2, 0) is 0 Å². The quantitative estimate of drug-likeness (QED) is 0.163. The first-order valence-corrected chi connectivity index (χ1v) is 16.3. The first-order valence-electron chi connectivity index (χ1n) is 16.3. The molecule has 9 rings (SSSR count). The molecule has 1 aliphatic heterocycles. The van der Waals surface area contributed by atoms with Crippen molar-refractivity contribution in [3.05, 3.63) is 236 Å². The van der Waals surface area contributed by atoms with Crippen LogP contribution in [0.4, 0.5) is 0 Å². The molecule has 4 aromatic heterocycles. The third-order valence-corrected chi connectivity index (χ3v) is 9.15. The SMILES string of the molecule is Cl.c1ccc(C2=c3ccc([nH]3)=C(c3ccccc3)c3ccc([nH]3)C(c3ccccc3)=c3ccc([nH]3)=C(c3ccccc3)c3ccc2[nH]3)cc1. The van der Waals surface area contributed by atoms with E-state index in [0.29, 0.717) is 0 Å². The van der Waals surface area contributed by atoms with Crippen molar-refractivity contribution < 1.29 is 0 Å². The maximum absolute atomic E-state index is 3.84. The van der Waals surface area contributed by atoms with E-state index in [9.17, 15) is 0 Å². The van der Waals surface area contributed by atoms with Gasteiger partial charge in [-0.15, -0.1) is 12.4 Å². The number of hydrogen-bond donors (Lipinski definition) is 4. The summed E-state index contributed by atoms with van der Waals surface area (Å²) in [7, 11) is 0. The van der Waals surface area contributed by atoms with Gasteiger partial charge in [0.05, 0.1) is 0 Å². The number of rotatable bonds is 4. The van der Waals surface area contributed by atoms with E-state index in [-0.39, 0.29) is 12.4 Å². The molecule has 8 bridgehead atoms. The zero-order valence-corrected chi connectivity index (χ0v) is 27.4. The van der Waals surface area contributed by atoms with E-state index < -0.39 is 0 Å². The minimum Gasteiger partial charge on any atom is -0.354 e. The van der Waals surface area contributed by atoms with Crippen LogP contribution in [0.1, 0.15) is 45.0 Å². The van der Waals surface area contributed by atoms with Crippen molar-refractivity contribution in [2.45, 2.75) is 0 Å². The zero-order valence-electron chi connectivity index (χ0n) is 26.6. The summed E-state index contributed by atoms with van der Waals surface area (Å²) in [5.41, 5.74) is 13.1. The number of nitrogens with one attached hydrogen (secondary N) is 4. The third kappa shape index (κ3) is 5.48. The van der Waals surface area contributed by atoms with Crippen LogP contribution >= 0.6 is 12.4 Å². The Kier molecular flexibility index (Phi) is 7.84. The molecule has 236 valence electrons. The van der Waals surface area contributed by atoms with Gasteiger partial charge < -0.3 is 19.9 Å². The van der Waals surface area contributed by atoms with Crippen molar-refractivity contribution in [1.82, 2.24) is 19.9 Å². The smallest absolute Gasteiger partial charge is 0.0485 e. The van der Waals surface area contributed by atoms with E-state index >= 15 is 0 Å². The molecule has 0 saturated carbocycles. The van der Waals surface area contributed by atoms with Crippen LogP contribution in [0.15, 0.2) is 170 Å². The largest absolute Gasteiger partial charge is 0.354 e. The predicted octanol–water partition coefficient (Wildman–Crippen LogP) is 6.72. The van der Waals surface area contributed by atoms with Gasteiger partial charge in [0.25, 0.3) is 0 Å². The fourth-order valence-corrected chi connectivity index (χ4v) is 6.99. The van der Waals surface area contributed by atoms with Gasteiger partial charge in [-0.3, -0.25) is 0 Å². The maximum atomic E-state index is 3.84. The highest BCUT2D eigenvalue weighted by atomic mass is 35.5. The molecular weight excluding hydrogens is 620 g/mol. The maximum Gasteiger partial charge on any atom is 0.0485 e. The number of aromatic nitrogens is 4. The molecule has 1 aliphatic rings. The van der Waals surface area contributed by atoms with Crippen LogP contribution < -0.4 is 21.4 Å². The van der Waals surface area contributed by atoms with Crippen molar-refractivity contribution >= 4 is 34.7 Å². The van der Waals surface area contributed by atoms with Crippen LogP contribution in [0, 0.1) is 0 Å². The Labute approximate surface area is 290 Å². The van der Waals surface area contributed by atoms with Crippen molar-refractivity contribution in [2.24, 2.45) is 0 Å². The highest BCUT2D eigenvalue weighted by molar-refractivity contribution is 5.86. The molecule has 0 spiro atoms. The minimum absolute atomic E-state index is 0. The molecule has 0 fully saturated rings. The van der Waals surface area contributed by atoms with Gasteiger partial charge >= 0.3 is 0 Å². The Morgan fingerprint density at radius 2 is 0.449 bits per heavy atom. The summed E-state index contributed by atoms with van der Waals surface area (Å²) in [6.45, 7) is 0. The molecule has 0 radical (unpaired) electrons. The second-order valence-electron chi connectivity index (χ2n) is 12.1. The highest BCUT2D eigenvalue weighted by Gasteiger charge is 2.18. The number of hydrogen-bond acceptors (Lipinski definition) is 0. The molecular formula is C44H33ClN4. The lowest BCUT2D eigenvalue weighted by molar-refractivity contribution is 1.19. The lowest BCUT2D eigenvalue weighted by Crippen LogP contribution is -2.19. The molecule has 0 aliphatic carbocycles. The normalized spacial score (nSPS) is 12.6. The van der Waals surface area contributed by atoms with E-state index in [1.165, 1.54) is 0 Å². The molecule has 49 heavy (non-hydrogen) atoms. The Balaban J connectivity index is 0.00000348. The fraction of sp³-hybridized carbons (Fsp3) is 0. The van der Waals surface area contributed by atoms with Gasteiger partial charge in [-0.1, -0.05) is 121 Å². The second kappa shape index (κ2) is 12.8. The lowest BCUT2D eigenvalue weighted by Gasteiger charge is -2.09. The Morgan fingerprint density at radius 1 is 0.224 bits per heavy atom. The number of aromatic amines is 4. The first-order chi connectivity index (χ1) is 23.8. The second-order valence-corrected chi connectivity index (χ2v) is 12.1. The number of fused-ring (bicyclic) bond motifs is 8.